The zero-order valence-corrected chi connectivity index (χ0v) is 15.9. The van der Waals surface area contributed by atoms with Gasteiger partial charge in [0.25, 0.3) is 0 Å². The first-order valence-corrected chi connectivity index (χ1v) is 9.50. The summed E-state index contributed by atoms with van der Waals surface area (Å²) >= 11 is 0. The smallest absolute Gasteiger partial charge is 0.129 e. The van der Waals surface area contributed by atoms with Crippen molar-refractivity contribution in [2.24, 2.45) is 5.41 Å². The Morgan fingerprint density at radius 3 is 2.55 bits per heavy atom. The van der Waals surface area contributed by atoms with E-state index in [1.54, 1.807) is 23.0 Å². The lowest BCUT2D eigenvalue weighted by Crippen LogP contribution is -2.34. The lowest BCUT2D eigenvalue weighted by atomic mass is 9.74. The molecule has 0 spiro atoms. The minimum Gasteiger partial charge on any atom is -0.392 e. The van der Waals surface area contributed by atoms with Gasteiger partial charge in [-0.05, 0) is 66.8 Å². The lowest BCUT2D eigenvalue weighted by molar-refractivity contribution is 0.0623. The van der Waals surface area contributed by atoms with Crippen LogP contribution in [0.2, 0.25) is 0 Å². The molecule has 1 unspecified atom stereocenters. The maximum Gasteiger partial charge on any atom is 0.129 e. The number of nitrogens with zero attached hydrogens (tertiary/aromatic N) is 2. The van der Waals surface area contributed by atoms with Gasteiger partial charge in [-0.2, -0.15) is 5.10 Å². The van der Waals surface area contributed by atoms with Gasteiger partial charge in [0.2, 0.25) is 0 Å². The number of aliphatic hydroxyl groups is 1. The molecule has 1 heterocycles. The highest BCUT2D eigenvalue weighted by Gasteiger charge is 2.34. The maximum atomic E-state index is 13.9. The standard InChI is InChI=1S/C23H21F3N2O/c1-23(22(29)9-3-15-2-4-18(25)12-20(15)26)11-10-21-16(13-23)14-27-28(21)19-7-5-17(24)6-8-19/h2,4-8,10-12,14,22,29H,3,9,13H2,1H3/t22-,23?/m0/s1. The second-order valence-corrected chi connectivity index (χ2v) is 7.75. The van der Waals surface area contributed by atoms with Gasteiger partial charge < -0.3 is 5.11 Å². The van der Waals surface area contributed by atoms with Crippen molar-refractivity contribution >= 4 is 6.08 Å². The Kier molecular flexibility index (Phi) is 5.04. The maximum absolute atomic E-state index is 13.9. The molecule has 0 bridgehead atoms. The third-order valence-corrected chi connectivity index (χ3v) is 5.61. The van der Waals surface area contributed by atoms with Crippen LogP contribution >= 0.6 is 0 Å². The molecule has 150 valence electrons. The molecular weight excluding hydrogens is 377 g/mol. The number of rotatable bonds is 5. The van der Waals surface area contributed by atoms with E-state index in [9.17, 15) is 18.3 Å². The summed E-state index contributed by atoms with van der Waals surface area (Å²) in [4.78, 5) is 0. The summed E-state index contributed by atoms with van der Waals surface area (Å²) in [5, 5.41) is 15.2. The molecule has 3 aromatic rings. The SMILES string of the molecule is CC1([C@@H](O)CCc2ccc(F)cc2F)C=Cc2c(cnn2-c2ccc(F)cc2)C1. The van der Waals surface area contributed by atoms with E-state index in [2.05, 4.69) is 5.10 Å². The number of fused-ring (bicyclic) bond motifs is 1. The predicted octanol–water partition coefficient (Wildman–Crippen LogP) is 4.86. The topological polar surface area (TPSA) is 38.1 Å². The quantitative estimate of drug-likeness (QED) is 0.667. The van der Waals surface area contributed by atoms with Crippen LogP contribution in [-0.4, -0.2) is 21.0 Å². The van der Waals surface area contributed by atoms with Gasteiger partial charge in [-0.3, -0.25) is 0 Å². The molecule has 2 aromatic carbocycles. The molecule has 6 heteroatoms. The van der Waals surface area contributed by atoms with E-state index in [1.807, 2.05) is 19.1 Å². The molecule has 0 amide bonds. The van der Waals surface area contributed by atoms with E-state index < -0.39 is 23.2 Å². The average Bonchev–Trinajstić information content (AvgIpc) is 3.10. The van der Waals surface area contributed by atoms with Crippen LogP contribution in [0, 0.1) is 22.9 Å². The van der Waals surface area contributed by atoms with Crippen LogP contribution in [0.1, 0.15) is 30.2 Å². The zero-order chi connectivity index (χ0) is 20.6. The Balaban J connectivity index is 1.50. The first-order valence-electron chi connectivity index (χ1n) is 9.50. The highest BCUT2D eigenvalue weighted by atomic mass is 19.1. The molecule has 0 saturated carbocycles. The van der Waals surface area contributed by atoms with Crippen molar-refractivity contribution in [1.82, 2.24) is 9.78 Å². The molecule has 0 fully saturated rings. The summed E-state index contributed by atoms with van der Waals surface area (Å²) in [6, 6.07) is 9.61. The molecule has 0 aliphatic heterocycles. The first kappa shape index (κ1) is 19.5. The van der Waals surface area contributed by atoms with Gasteiger partial charge in [0.05, 0.1) is 23.7 Å². The van der Waals surface area contributed by atoms with Crippen molar-refractivity contribution in [1.29, 1.82) is 0 Å². The predicted molar refractivity (Wildman–Crippen MR) is 105 cm³/mol. The van der Waals surface area contributed by atoms with Crippen LogP contribution in [0.3, 0.4) is 0 Å². The van der Waals surface area contributed by atoms with Gasteiger partial charge in [0.1, 0.15) is 17.5 Å². The van der Waals surface area contributed by atoms with Crippen molar-refractivity contribution in [3.8, 4) is 5.69 Å². The molecule has 29 heavy (non-hydrogen) atoms. The van der Waals surface area contributed by atoms with Crippen LogP contribution in [0.4, 0.5) is 13.2 Å². The minimum absolute atomic E-state index is 0.307. The fourth-order valence-corrected chi connectivity index (χ4v) is 3.81. The van der Waals surface area contributed by atoms with Gasteiger partial charge >= 0.3 is 0 Å². The van der Waals surface area contributed by atoms with Crippen molar-refractivity contribution < 1.29 is 18.3 Å². The fourth-order valence-electron chi connectivity index (χ4n) is 3.81. The summed E-state index contributed by atoms with van der Waals surface area (Å²) in [5.41, 5.74) is 2.49. The van der Waals surface area contributed by atoms with Crippen molar-refractivity contribution in [2.75, 3.05) is 0 Å². The monoisotopic (exact) mass is 398 g/mol. The Morgan fingerprint density at radius 1 is 1.10 bits per heavy atom. The third-order valence-electron chi connectivity index (χ3n) is 5.61. The van der Waals surface area contributed by atoms with Gasteiger partial charge in [0.15, 0.2) is 0 Å². The number of benzene rings is 2. The number of aryl methyl sites for hydroxylation is 1. The van der Waals surface area contributed by atoms with Gasteiger partial charge in [0, 0.05) is 11.5 Å². The van der Waals surface area contributed by atoms with Crippen molar-refractivity contribution in [3.63, 3.8) is 0 Å². The van der Waals surface area contributed by atoms with E-state index in [-0.39, 0.29) is 5.82 Å². The molecule has 1 N–H and O–H groups in total. The number of aliphatic hydroxyl groups excluding tert-OH is 1. The summed E-state index contributed by atoms with van der Waals surface area (Å²) in [5.74, 6) is -1.51. The van der Waals surface area contributed by atoms with E-state index in [0.717, 1.165) is 23.0 Å². The van der Waals surface area contributed by atoms with Crippen LogP contribution in [0.5, 0.6) is 0 Å². The Hall–Kier alpha value is -2.86. The molecule has 1 aliphatic rings. The molecule has 4 rings (SSSR count). The molecule has 3 nitrogen and oxygen atoms in total. The summed E-state index contributed by atoms with van der Waals surface area (Å²) in [7, 11) is 0. The van der Waals surface area contributed by atoms with Crippen LogP contribution in [-0.2, 0) is 12.8 Å². The second-order valence-electron chi connectivity index (χ2n) is 7.75. The van der Waals surface area contributed by atoms with Crippen LogP contribution in [0.15, 0.2) is 54.7 Å². The fraction of sp³-hybridized carbons (Fsp3) is 0.261. The largest absolute Gasteiger partial charge is 0.392 e. The summed E-state index contributed by atoms with van der Waals surface area (Å²) < 4.78 is 41.8. The summed E-state index contributed by atoms with van der Waals surface area (Å²) in [6.45, 7) is 1.95. The third kappa shape index (κ3) is 3.85. The minimum atomic E-state index is -0.703. The normalized spacial score (nSPS) is 19.2. The first-order chi connectivity index (χ1) is 13.9. The molecule has 1 aliphatic carbocycles. The molecule has 1 aromatic heterocycles. The summed E-state index contributed by atoms with van der Waals surface area (Å²) in [6.07, 6.45) is 6.16. The number of halogens is 3. The van der Waals surface area contributed by atoms with Crippen LogP contribution < -0.4 is 0 Å². The van der Waals surface area contributed by atoms with Crippen molar-refractivity contribution in [2.45, 2.75) is 32.3 Å². The van der Waals surface area contributed by atoms with E-state index in [4.69, 9.17) is 0 Å². The Morgan fingerprint density at radius 2 is 1.83 bits per heavy atom. The zero-order valence-electron chi connectivity index (χ0n) is 15.9. The average molecular weight is 398 g/mol. The van der Waals surface area contributed by atoms with Crippen molar-refractivity contribution in [3.05, 3.63) is 89.0 Å². The number of hydrogen-bond acceptors (Lipinski definition) is 2. The number of hydrogen-bond donors (Lipinski definition) is 1. The Bertz CT molecular complexity index is 1060. The number of aromatic nitrogens is 2. The molecule has 0 saturated heterocycles. The Labute approximate surface area is 167 Å². The van der Waals surface area contributed by atoms with Crippen LogP contribution in [0.25, 0.3) is 11.8 Å². The highest BCUT2D eigenvalue weighted by Crippen LogP contribution is 2.37. The molecular formula is C23H21F3N2O. The van der Waals surface area contributed by atoms with Gasteiger partial charge in [-0.25, -0.2) is 17.9 Å². The van der Waals surface area contributed by atoms with Gasteiger partial charge in [-0.15, -0.1) is 0 Å². The van der Waals surface area contributed by atoms with Gasteiger partial charge in [-0.1, -0.05) is 19.1 Å². The lowest BCUT2D eigenvalue weighted by Gasteiger charge is -2.34. The highest BCUT2D eigenvalue weighted by molar-refractivity contribution is 5.57. The van der Waals surface area contributed by atoms with E-state index >= 15 is 0 Å². The second kappa shape index (κ2) is 7.52. The molecule has 2 atom stereocenters. The molecule has 0 radical (unpaired) electrons. The van der Waals surface area contributed by atoms with E-state index in [0.29, 0.717) is 24.8 Å². The van der Waals surface area contributed by atoms with E-state index in [1.165, 1.54) is 24.3 Å².